The molecule has 2 aromatic rings. The lowest BCUT2D eigenvalue weighted by atomic mass is 9.84. The highest BCUT2D eigenvalue weighted by atomic mass is 16.5. The summed E-state index contributed by atoms with van der Waals surface area (Å²) >= 11 is 0. The summed E-state index contributed by atoms with van der Waals surface area (Å²) in [7, 11) is 5.54. The van der Waals surface area contributed by atoms with Crippen LogP contribution >= 0.6 is 0 Å². The number of ether oxygens (including phenoxy) is 2. The van der Waals surface area contributed by atoms with Gasteiger partial charge in [0.1, 0.15) is 0 Å². The van der Waals surface area contributed by atoms with Gasteiger partial charge in [-0.25, -0.2) is 0 Å². The van der Waals surface area contributed by atoms with Crippen molar-refractivity contribution in [3.8, 4) is 11.5 Å². The smallest absolute Gasteiger partial charge is 0.161 e. The first-order valence-electron chi connectivity index (χ1n) is 7.21. The molecule has 3 rings (SSSR count). The number of rotatable bonds is 3. The third kappa shape index (κ3) is 2.61. The third-order valence-corrected chi connectivity index (χ3v) is 4.16. The molecule has 1 heterocycles. The van der Waals surface area contributed by atoms with Crippen LogP contribution in [0.5, 0.6) is 11.5 Å². The first kappa shape index (κ1) is 14.0. The Bertz CT molecular complexity index is 625. The van der Waals surface area contributed by atoms with Gasteiger partial charge in [0.2, 0.25) is 0 Å². The van der Waals surface area contributed by atoms with E-state index in [4.69, 9.17) is 9.47 Å². The lowest BCUT2D eigenvalue weighted by Crippen LogP contribution is -2.31. The molecule has 0 aliphatic carbocycles. The predicted octanol–water partition coefficient (Wildman–Crippen LogP) is 3.28. The summed E-state index contributed by atoms with van der Waals surface area (Å²) < 4.78 is 10.9. The normalized spacial score (nSPS) is 18.1. The number of likely N-dealkylation sites (N-methyl/N-ethyl adjacent to an activating group) is 1. The molecule has 3 nitrogen and oxygen atoms in total. The number of hydrogen-bond acceptors (Lipinski definition) is 3. The molecule has 0 aromatic heterocycles. The Kier molecular flexibility index (Phi) is 3.84. The summed E-state index contributed by atoms with van der Waals surface area (Å²) in [6, 6.07) is 14.9. The van der Waals surface area contributed by atoms with Crippen LogP contribution in [0.15, 0.2) is 42.5 Å². The van der Waals surface area contributed by atoms with E-state index in [-0.39, 0.29) is 0 Å². The number of fused-ring (bicyclic) bond motifs is 1. The van der Waals surface area contributed by atoms with Gasteiger partial charge in [-0.3, -0.25) is 0 Å². The van der Waals surface area contributed by atoms with Crippen LogP contribution in [-0.4, -0.2) is 32.7 Å². The molecular weight excluding hydrogens is 262 g/mol. The van der Waals surface area contributed by atoms with Gasteiger partial charge in [0.25, 0.3) is 0 Å². The second-order valence-corrected chi connectivity index (χ2v) is 5.57. The standard InChI is InChI=1S/C18H21NO2/c1-19-11-14-9-17(20-2)18(21-3)10-15(14)16(12-19)13-7-5-4-6-8-13/h4-10,16H,11-12H2,1-3H3/t16-/m1/s1. The van der Waals surface area contributed by atoms with Crippen LogP contribution < -0.4 is 9.47 Å². The van der Waals surface area contributed by atoms with Crippen molar-refractivity contribution in [3.05, 3.63) is 59.2 Å². The number of methoxy groups -OCH3 is 2. The van der Waals surface area contributed by atoms with Gasteiger partial charge in [-0.15, -0.1) is 0 Å². The van der Waals surface area contributed by atoms with E-state index >= 15 is 0 Å². The van der Waals surface area contributed by atoms with Gasteiger partial charge in [-0.05, 0) is 35.9 Å². The molecule has 0 saturated heterocycles. The zero-order valence-electron chi connectivity index (χ0n) is 12.8. The lowest BCUT2D eigenvalue weighted by Gasteiger charge is -2.33. The molecule has 0 amide bonds. The zero-order chi connectivity index (χ0) is 14.8. The van der Waals surface area contributed by atoms with E-state index in [9.17, 15) is 0 Å². The van der Waals surface area contributed by atoms with Gasteiger partial charge >= 0.3 is 0 Å². The van der Waals surface area contributed by atoms with Crippen LogP contribution in [0.3, 0.4) is 0 Å². The second kappa shape index (κ2) is 5.78. The maximum absolute atomic E-state index is 5.47. The van der Waals surface area contributed by atoms with Crippen molar-refractivity contribution in [2.75, 3.05) is 27.8 Å². The fourth-order valence-electron chi connectivity index (χ4n) is 3.13. The van der Waals surface area contributed by atoms with Crippen molar-refractivity contribution in [1.82, 2.24) is 4.90 Å². The average molecular weight is 283 g/mol. The van der Waals surface area contributed by atoms with Crippen LogP contribution in [0, 0.1) is 0 Å². The summed E-state index contributed by atoms with van der Waals surface area (Å²) in [5.41, 5.74) is 4.00. The molecule has 2 aromatic carbocycles. The molecule has 0 spiro atoms. The molecule has 0 saturated carbocycles. The molecule has 0 fully saturated rings. The van der Waals surface area contributed by atoms with Crippen molar-refractivity contribution in [2.45, 2.75) is 12.5 Å². The number of hydrogen-bond donors (Lipinski definition) is 0. The van der Waals surface area contributed by atoms with Crippen molar-refractivity contribution in [3.63, 3.8) is 0 Å². The van der Waals surface area contributed by atoms with Crippen molar-refractivity contribution < 1.29 is 9.47 Å². The lowest BCUT2D eigenvalue weighted by molar-refractivity contribution is 0.291. The molecule has 0 bridgehead atoms. The maximum Gasteiger partial charge on any atom is 0.161 e. The first-order chi connectivity index (χ1) is 10.2. The van der Waals surface area contributed by atoms with Gasteiger partial charge in [-0.2, -0.15) is 0 Å². The molecular formula is C18H21NO2. The van der Waals surface area contributed by atoms with Crippen LogP contribution in [0.25, 0.3) is 0 Å². The highest BCUT2D eigenvalue weighted by Crippen LogP contribution is 2.39. The minimum absolute atomic E-state index is 0.375. The molecule has 1 aliphatic rings. The fraction of sp³-hybridized carbons (Fsp3) is 0.333. The Morgan fingerprint density at radius 1 is 1.00 bits per heavy atom. The van der Waals surface area contributed by atoms with Crippen LogP contribution in [-0.2, 0) is 6.54 Å². The second-order valence-electron chi connectivity index (χ2n) is 5.57. The molecule has 0 radical (unpaired) electrons. The van der Waals surface area contributed by atoms with Crippen molar-refractivity contribution >= 4 is 0 Å². The van der Waals surface area contributed by atoms with Gasteiger partial charge in [0.15, 0.2) is 11.5 Å². The topological polar surface area (TPSA) is 21.7 Å². The van der Waals surface area contributed by atoms with E-state index < -0.39 is 0 Å². The van der Waals surface area contributed by atoms with Crippen molar-refractivity contribution in [2.24, 2.45) is 0 Å². The summed E-state index contributed by atoms with van der Waals surface area (Å²) in [4.78, 5) is 2.35. The van der Waals surface area contributed by atoms with Crippen LogP contribution in [0.4, 0.5) is 0 Å². The molecule has 3 heteroatoms. The van der Waals surface area contributed by atoms with E-state index in [2.05, 4.69) is 54.4 Å². The minimum atomic E-state index is 0.375. The molecule has 0 N–H and O–H groups in total. The van der Waals surface area contributed by atoms with E-state index in [0.717, 1.165) is 24.6 Å². The molecule has 110 valence electrons. The van der Waals surface area contributed by atoms with Gasteiger partial charge in [0, 0.05) is 19.0 Å². The Hall–Kier alpha value is -2.00. The molecule has 0 unspecified atom stereocenters. The van der Waals surface area contributed by atoms with Gasteiger partial charge in [0.05, 0.1) is 14.2 Å². The summed E-state index contributed by atoms with van der Waals surface area (Å²) in [6.45, 7) is 1.96. The number of nitrogens with zero attached hydrogens (tertiary/aromatic N) is 1. The SMILES string of the molecule is COc1cc2c(cc1OC)[C@@H](c1ccccc1)CN(C)C2. The third-order valence-electron chi connectivity index (χ3n) is 4.16. The molecule has 21 heavy (non-hydrogen) atoms. The van der Waals surface area contributed by atoms with E-state index in [1.165, 1.54) is 16.7 Å². The van der Waals surface area contributed by atoms with Crippen LogP contribution in [0.2, 0.25) is 0 Å². The average Bonchev–Trinajstić information content (AvgIpc) is 2.53. The highest BCUT2D eigenvalue weighted by molar-refractivity contribution is 5.51. The maximum atomic E-state index is 5.47. The summed E-state index contributed by atoms with van der Waals surface area (Å²) in [5.74, 6) is 1.99. The summed E-state index contributed by atoms with van der Waals surface area (Å²) in [6.07, 6.45) is 0. The predicted molar refractivity (Wildman–Crippen MR) is 84.2 cm³/mol. The van der Waals surface area contributed by atoms with Crippen molar-refractivity contribution in [1.29, 1.82) is 0 Å². The quantitative estimate of drug-likeness (QED) is 0.863. The van der Waals surface area contributed by atoms with E-state index in [1.807, 2.05) is 0 Å². The monoisotopic (exact) mass is 283 g/mol. The van der Waals surface area contributed by atoms with E-state index in [0.29, 0.717) is 5.92 Å². The van der Waals surface area contributed by atoms with Crippen LogP contribution in [0.1, 0.15) is 22.6 Å². The highest BCUT2D eigenvalue weighted by Gasteiger charge is 2.26. The first-order valence-corrected chi connectivity index (χ1v) is 7.21. The molecule has 1 atom stereocenters. The Labute approximate surface area is 126 Å². The molecule has 1 aliphatic heterocycles. The largest absolute Gasteiger partial charge is 0.493 e. The van der Waals surface area contributed by atoms with E-state index in [1.54, 1.807) is 14.2 Å². The zero-order valence-corrected chi connectivity index (χ0v) is 12.8. The number of benzene rings is 2. The minimum Gasteiger partial charge on any atom is -0.493 e. The fourth-order valence-corrected chi connectivity index (χ4v) is 3.13. The Morgan fingerprint density at radius 2 is 1.67 bits per heavy atom. The Balaban J connectivity index is 2.11. The summed E-state index contributed by atoms with van der Waals surface area (Å²) in [5, 5.41) is 0. The van der Waals surface area contributed by atoms with Gasteiger partial charge < -0.3 is 14.4 Å². The Morgan fingerprint density at radius 3 is 2.33 bits per heavy atom. The van der Waals surface area contributed by atoms with Gasteiger partial charge in [-0.1, -0.05) is 30.3 Å².